The van der Waals surface area contributed by atoms with Crippen LogP contribution in [0.15, 0.2) is 82.7 Å². The number of aliphatic hydroxyl groups excluding tert-OH is 1. The maximum atomic E-state index is 13.4. The van der Waals surface area contributed by atoms with E-state index in [9.17, 15) is 27.5 Å². The molecule has 2 aromatic heterocycles. The predicted molar refractivity (Wildman–Crippen MR) is 158 cm³/mol. The van der Waals surface area contributed by atoms with Crippen molar-refractivity contribution in [2.45, 2.75) is 56.0 Å². The largest absolute Gasteiger partial charge is 0.416 e. The van der Waals surface area contributed by atoms with Gasteiger partial charge in [0.15, 0.2) is 16.8 Å². The molecule has 5 aromatic rings. The van der Waals surface area contributed by atoms with E-state index in [1.54, 1.807) is 12.1 Å². The number of aromatic nitrogens is 5. The number of benzene rings is 3. The Morgan fingerprint density at radius 1 is 0.795 bits per heavy atom. The van der Waals surface area contributed by atoms with E-state index in [1.165, 1.54) is 36.0 Å². The highest BCUT2D eigenvalue weighted by atomic mass is 32.2. The molecule has 0 saturated carbocycles. The van der Waals surface area contributed by atoms with Crippen LogP contribution in [0.4, 0.5) is 17.6 Å². The number of halogens is 4. The topological polar surface area (TPSA) is 85.8 Å². The molecule has 12 heteroatoms. The van der Waals surface area contributed by atoms with Gasteiger partial charge in [-0.1, -0.05) is 60.3 Å². The van der Waals surface area contributed by atoms with Crippen molar-refractivity contribution in [3.8, 4) is 11.1 Å². The maximum absolute atomic E-state index is 13.4. The Morgan fingerprint density at radius 2 is 1.43 bits per heavy atom. The second-order valence-corrected chi connectivity index (χ2v) is 11.5. The number of thioether (sulfide) groups is 1. The lowest BCUT2D eigenvalue weighted by Gasteiger charge is -2.18. The summed E-state index contributed by atoms with van der Waals surface area (Å²) in [5, 5.41) is 19.1. The Hall–Kier alpha value is -4.29. The fraction of sp³-hybridized carbons (Fsp3) is 0.250. The van der Waals surface area contributed by atoms with Gasteiger partial charge in [-0.15, -0.1) is 10.2 Å². The molecular weight excluding hydrogens is 594 g/mol. The minimum absolute atomic E-state index is 0.235. The number of hydrogen-bond donors (Lipinski definition) is 1. The fourth-order valence-electron chi connectivity index (χ4n) is 5.36. The van der Waals surface area contributed by atoms with Gasteiger partial charge in [0, 0.05) is 17.0 Å². The van der Waals surface area contributed by atoms with E-state index in [2.05, 4.69) is 15.2 Å². The molecule has 3 aromatic carbocycles. The minimum atomic E-state index is -4.39. The molecule has 1 aliphatic rings. The highest BCUT2D eigenvalue weighted by Gasteiger charge is 2.30. The molecule has 6 rings (SSSR count). The molecule has 0 bridgehead atoms. The molecule has 0 fully saturated rings. The Morgan fingerprint density at radius 3 is 2.09 bits per heavy atom. The van der Waals surface area contributed by atoms with Crippen LogP contribution in [0, 0.1) is 5.82 Å². The maximum Gasteiger partial charge on any atom is 0.416 e. The summed E-state index contributed by atoms with van der Waals surface area (Å²) >= 11 is 1.39. The summed E-state index contributed by atoms with van der Waals surface area (Å²) in [6.45, 7) is 0.292. The number of alkyl halides is 3. The Kier molecular flexibility index (Phi) is 8.37. The molecule has 0 unspecified atom stereocenters. The second-order valence-electron chi connectivity index (χ2n) is 10.5. The van der Waals surface area contributed by atoms with Crippen LogP contribution in [0.5, 0.6) is 0 Å². The van der Waals surface area contributed by atoms with Crippen LogP contribution in [-0.4, -0.2) is 29.4 Å². The van der Waals surface area contributed by atoms with E-state index in [0.29, 0.717) is 46.7 Å². The highest BCUT2D eigenvalue weighted by Crippen LogP contribution is 2.31. The van der Waals surface area contributed by atoms with Crippen molar-refractivity contribution in [3.63, 3.8) is 0 Å². The lowest BCUT2D eigenvalue weighted by atomic mass is 10.0. The zero-order valence-corrected chi connectivity index (χ0v) is 24.2. The van der Waals surface area contributed by atoms with Gasteiger partial charge in [-0.2, -0.15) is 18.2 Å². The number of aliphatic hydroxyl groups is 1. The summed E-state index contributed by atoms with van der Waals surface area (Å²) in [5.74, 6) is 1.12. The van der Waals surface area contributed by atoms with Crippen LogP contribution in [-0.2, 0) is 44.5 Å². The summed E-state index contributed by atoms with van der Waals surface area (Å²) in [7, 11) is 0. The van der Waals surface area contributed by atoms with Gasteiger partial charge in [0.05, 0.1) is 18.7 Å². The monoisotopic (exact) mass is 621 g/mol. The van der Waals surface area contributed by atoms with Gasteiger partial charge < -0.3 is 14.2 Å². The van der Waals surface area contributed by atoms with Crippen molar-refractivity contribution in [2.75, 3.05) is 0 Å². The van der Waals surface area contributed by atoms with Crippen molar-refractivity contribution >= 4 is 11.8 Å². The van der Waals surface area contributed by atoms with Gasteiger partial charge in [-0.25, -0.2) is 4.39 Å². The molecule has 0 aliphatic heterocycles. The standard InChI is InChI=1S/C32H27F4N5O2S/c33-25-14-6-21(7-15-25)19-44-31-37-30(43)26-2-1-3-27(26)40(31)17-28-38-39-29(18-42)41(28)16-20-4-8-22(9-5-20)23-10-12-24(13-11-23)32(34,35)36/h4-15,42H,1-3,16-19H2. The van der Waals surface area contributed by atoms with E-state index in [1.807, 2.05) is 33.4 Å². The molecule has 0 atom stereocenters. The SMILES string of the molecule is O=c1nc(SCc2ccc(F)cc2)n(Cc2nnc(CO)n2Cc2ccc(-c3ccc(C(F)(F)F)cc3)cc2)c2c1CCC2. The van der Waals surface area contributed by atoms with Gasteiger partial charge in [-0.3, -0.25) is 4.79 Å². The molecule has 1 N–H and O–H groups in total. The number of fused-ring (bicyclic) bond motifs is 1. The average molecular weight is 622 g/mol. The van der Waals surface area contributed by atoms with Crippen molar-refractivity contribution in [1.29, 1.82) is 0 Å². The van der Waals surface area contributed by atoms with Crippen molar-refractivity contribution in [1.82, 2.24) is 24.3 Å². The smallest absolute Gasteiger partial charge is 0.388 e. The minimum Gasteiger partial charge on any atom is -0.388 e. The summed E-state index contributed by atoms with van der Waals surface area (Å²) < 4.78 is 56.1. The Balaban J connectivity index is 1.26. The number of rotatable bonds is 9. The van der Waals surface area contributed by atoms with E-state index in [-0.39, 0.29) is 24.5 Å². The molecule has 44 heavy (non-hydrogen) atoms. The first-order chi connectivity index (χ1) is 21.2. The van der Waals surface area contributed by atoms with E-state index in [4.69, 9.17) is 0 Å². The normalized spacial score (nSPS) is 12.9. The average Bonchev–Trinajstić information content (AvgIpc) is 3.66. The Bertz CT molecular complexity index is 1830. The van der Waals surface area contributed by atoms with E-state index >= 15 is 0 Å². The third kappa shape index (κ3) is 6.31. The first-order valence-electron chi connectivity index (χ1n) is 14.0. The molecule has 2 heterocycles. The van der Waals surface area contributed by atoms with Gasteiger partial charge in [0.2, 0.25) is 0 Å². The quantitative estimate of drug-likeness (QED) is 0.123. The number of hydrogen-bond acceptors (Lipinski definition) is 6. The molecule has 0 amide bonds. The first kappa shape index (κ1) is 29.8. The lowest BCUT2D eigenvalue weighted by Crippen LogP contribution is -2.23. The second kappa shape index (κ2) is 12.4. The van der Waals surface area contributed by atoms with Crippen LogP contribution in [0.25, 0.3) is 11.1 Å². The van der Waals surface area contributed by atoms with Crippen LogP contribution < -0.4 is 5.56 Å². The fourth-order valence-corrected chi connectivity index (χ4v) is 6.32. The van der Waals surface area contributed by atoms with Crippen molar-refractivity contribution in [2.24, 2.45) is 0 Å². The summed E-state index contributed by atoms with van der Waals surface area (Å²) in [6, 6.07) is 18.6. The number of nitrogens with zero attached hydrogens (tertiary/aromatic N) is 5. The van der Waals surface area contributed by atoms with Crippen LogP contribution in [0.2, 0.25) is 0 Å². The summed E-state index contributed by atoms with van der Waals surface area (Å²) in [4.78, 5) is 17.2. The summed E-state index contributed by atoms with van der Waals surface area (Å²) in [5.41, 5.74) is 3.88. The third-order valence-corrected chi connectivity index (χ3v) is 8.71. The van der Waals surface area contributed by atoms with E-state index < -0.39 is 11.7 Å². The third-order valence-electron chi connectivity index (χ3n) is 7.67. The van der Waals surface area contributed by atoms with Gasteiger partial charge in [0.25, 0.3) is 5.56 Å². The van der Waals surface area contributed by atoms with Gasteiger partial charge in [-0.05, 0) is 65.8 Å². The molecule has 7 nitrogen and oxygen atoms in total. The Labute approximate surface area is 254 Å². The van der Waals surface area contributed by atoms with Crippen LogP contribution in [0.1, 0.15) is 46.0 Å². The van der Waals surface area contributed by atoms with Gasteiger partial charge in [0.1, 0.15) is 12.4 Å². The molecule has 0 saturated heterocycles. The first-order valence-corrected chi connectivity index (χ1v) is 15.0. The molecule has 1 aliphatic carbocycles. The van der Waals surface area contributed by atoms with Crippen LogP contribution >= 0.6 is 11.8 Å². The highest BCUT2D eigenvalue weighted by molar-refractivity contribution is 7.98. The molecule has 226 valence electrons. The molecule has 0 spiro atoms. The zero-order chi connectivity index (χ0) is 30.8. The predicted octanol–water partition coefficient (Wildman–Crippen LogP) is 6.03. The van der Waals surface area contributed by atoms with Crippen LogP contribution in [0.3, 0.4) is 0 Å². The van der Waals surface area contributed by atoms with Crippen molar-refractivity contribution in [3.05, 3.63) is 129 Å². The van der Waals surface area contributed by atoms with E-state index in [0.717, 1.165) is 47.4 Å². The molecule has 0 radical (unpaired) electrons. The lowest BCUT2D eigenvalue weighted by molar-refractivity contribution is -0.137. The zero-order valence-electron chi connectivity index (χ0n) is 23.4. The van der Waals surface area contributed by atoms with Gasteiger partial charge >= 0.3 is 6.18 Å². The summed E-state index contributed by atoms with van der Waals surface area (Å²) in [6.07, 6.45) is -2.16. The molecular formula is C32H27F4N5O2S. The van der Waals surface area contributed by atoms with Crippen molar-refractivity contribution < 1.29 is 22.7 Å².